The Bertz CT molecular complexity index is 725. The van der Waals surface area contributed by atoms with E-state index in [9.17, 15) is 0 Å². The number of ether oxygens (including phenoxy) is 1. The topological polar surface area (TPSA) is 24.8 Å². The Morgan fingerprint density at radius 2 is 1.86 bits per heavy atom. The van der Waals surface area contributed by atoms with Crippen LogP contribution >= 0.6 is 0 Å². The molecule has 0 saturated carbocycles. The summed E-state index contributed by atoms with van der Waals surface area (Å²) in [7, 11) is 0. The van der Waals surface area contributed by atoms with Gasteiger partial charge >= 0.3 is 0 Å². The molecular weight excluding hydrogens is 272 g/mol. The maximum Gasteiger partial charge on any atom is 0.195 e. The van der Waals surface area contributed by atoms with Gasteiger partial charge < -0.3 is 4.74 Å². The molecule has 0 aromatic heterocycles. The molecule has 4 rings (SSSR count). The number of hydrazone groups is 1. The zero-order valence-corrected chi connectivity index (χ0v) is 13.0. The Hall–Kier alpha value is -2.29. The van der Waals surface area contributed by atoms with Gasteiger partial charge in [0, 0.05) is 18.4 Å². The number of para-hydroxylation sites is 1. The molecule has 2 aromatic rings. The van der Waals surface area contributed by atoms with Crippen LogP contribution in [0.1, 0.15) is 43.9 Å². The van der Waals surface area contributed by atoms with Crippen LogP contribution < -0.4 is 4.74 Å². The molecule has 2 aliphatic rings. The van der Waals surface area contributed by atoms with Crippen molar-refractivity contribution in [3.8, 4) is 5.75 Å². The average Bonchev–Trinajstić information content (AvgIpc) is 3.02. The summed E-state index contributed by atoms with van der Waals surface area (Å²) in [6.07, 6.45) is 1.82. The van der Waals surface area contributed by atoms with E-state index in [1.165, 1.54) is 11.1 Å². The maximum atomic E-state index is 6.29. The van der Waals surface area contributed by atoms with Crippen LogP contribution in [0.5, 0.6) is 5.75 Å². The Labute approximate surface area is 131 Å². The molecule has 0 bridgehead atoms. The molecule has 3 nitrogen and oxygen atoms in total. The number of nitrogens with zero attached hydrogens (tertiary/aromatic N) is 2. The molecule has 0 fully saturated rings. The smallest absolute Gasteiger partial charge is 0.195 e. The van der Waals surface area contributed by atoms with E-state index in [1.54, 1.807) is 0 Å². The van der Waals surface area contributed by atoms with Gasteiger partial charge in [-0.25, -0.2) is 5.01 Å². The molecule has 2 aliphatic heterocycles. The summed E-state index contributed by atoms with van der Waals surface area (Å²) in [6, 6.07) is 19.1. The van der Waals surface area contributed by atoms with Crippen molar-refractivity contribution in [1.29, 1.82) is 0 Å². The minimum Gasteiger partial charge on any atom is -0.466 e. The summed E-state index contributed by atoms with van der Waals surface area (Å²) in [6.45, 7) is 4.29. The number of fused-ring (bicyclic) bond motifs is 3. The Morgan fingerprint density at radius 3 is 2.64 bits per heavy atom. The van der Waals surface area contributed by atoms with Crippen LogP contribution in [0.2, 0.25) is 0 Å². The fourth-order valence-electron chi connectivity index (χ4n) is 3.36. The molecule has 2 atom stereocenters. The Kier molecular flexibility index (Phi) is 2.96. The molecule has 0 amide bonds. The predicted molar refractivity (Wildman–Crippen MR) is 87.9 cm³/mol. The van der Waals surface area contributed by atoms with E-state index in [0.29, 0.717) is 0 Å². The lowest BCUT2D eigenvalue weighted by atomic mass is 9.94. The largest absolute Gasteiger partial charge is 0.466 e. The van der Waals surface area contributed by atoms with E-state index in [4.69, 9.17) is 9.84 Å². The number of rotatable bonds is 2. The summed E-state index contributed by atoms with van der Waals surface area (Å²) in [5, 5.41) is 7.09. The number of hydrogen-bond donors (Lipinski definition) is 0. The van der Waals surface area contributed by atoms with Gasteiger partial charge in [-0.2, -0.15) is 5.10 Å². The highest BCUT2D eigenvalue weighted by Gasteiger charge is 2.46. The van der Waals surface area contributed by atoms with Crippen molar-refractivity contribution in [2.24, 2.45) is 5.10 Å². The number of hydrogen-bond acceptors (Lipinski definition) is 3. The van der Waals surface area contributed by atoms with E-state index in [2.05, 4.69) is 61.3 Å². The van der Waals surface area contributed by atoms with E-state index in [-0.39, 0.29) is 11.8 Å². The van der Waals surface area contributed by atoms with Gasteiger partial charge in [0.1, 0.15) is 5.75 Å². The van der Waals surface area contributed by atoms with E-state index in [0.717, 1.165) is 24.3 Å². The summed E-state index contributed by atoms with van der Waals surface area (Å²) < 4.78 is 6.29. The molecule has 2 aromatic carbocycles. The van der Waals surface area contributed by atoms with Gasteiger partial charge in [-0.3, -0.25) is 0 Å². The second-order valence-electron chi connectivity index (χ2n) is 6.15. The molecule has 0 spiro atoms. The predicted octanol–water partition coefficient (Wildman–Crippen LogP) is 4.36. The average molecular weight is 292 g/mol. The third-order valence-corrected chi connectivity index (χ3v) is 4.77. The Balaban J connectivity index is 1.79. The first-order valence-corrected chi connectivity index (χ1v) is 7.91. The van der Waals surface area contributed by atoms with Crippen molar-refractivity contribution in [3.05, 3.63) is 65.7 Å². The van der Waals surface area contributed by atoms with Gasteiger partial charge in [-0.15, -0.1) is 0 Å². The first-order chi connectivity index (χ1) is 10.7. The zero-order chi connectivity index (χ0) is 15.2. The fourth-order valence-corrected chi connectivity index (χ4v) is 3.36. The Morgan fingerprint density at radius 1 is 1.14 bits per heavy atom. The van der Waals surface area contributed by atoms with Gasteiger partial charge in [0.05, 0.1) is 11.8 Å². The van der Waals surface area contributed by atoms with Crippen LogP contribution in [-0.2, 0) is 0 Å². The summed E-state index contributed by atoms with van der Waals surface area (Å²) in [5.74, 6) is 0.998. The van der Waals surface area contributed by atoms with Crippen LogP contribution in [0.4, 0.5) is 0 Å². The zero-order valence-electron chi connectivity index (χ0n) is 13.0. The highest BCUT2D eigenvalue weighted by atomic mass is 16.5. The van der Waals surface area contributed by atoms with Crippen molar-refractivity contribution in [2.75, 3.05) is 0 Å². The van der Waals surface area contributed by atoms with Gasteiger partial charge in [0.2, 0.25) is 0 Å². The fraction of sp³-hybridized carbons (Fsp3) is 0.316. The first kappa shape index (κ1) is 13.4. The molecule has 0 N–H and O–H groups in total. The van der Waals surface area contributed by atoms with E-state index in [1.807, 2.05) is 12.1 Å². The van der Waals surface area contributed by atoms with Crippen molar-refractivity contribution in [2.45, 2.75) is 38.5 Å². The normalized spacial score (nSPS) is 26.0. The highest BCUT2D eigenvalue weighted by molar-refractivity contribution is 6.01. The minimum atomic E-state index is -0.379. The minimum absolute atomic E-state index is 0.269. The summed E-state index contributed by atoms with van der Waals surface area (Å²) >= 11 is 0. The van der Waals surface area contributed by atoms with Crippen LogP contribution in [0.15, 0.2) is 59.7 Å². The summed E-state index contributed by atoms with van der Waals surface area (Å²) in [5.41, 5.74) is 3.21. The molecule has 0 aliphatic carbocycles. The highest BCUT2D eigenvalue weighted by Crippen LogP contribution is 2.47. The van der Waals surface area contributed by atoms with Crippen LogP contribution in [0, 0.1) is 0 Å². The molecule has 0 radical (unpaired) electrons. The van der Waals surface area contributed by atoms with Crippen molar-refractivity contribution < 1.29 is 4.74 Å². The van der Waals surface area contributed by atoms with Gasteiger partial charge in [-0.1, -0.05) is 55.5 Å². The molecule has 2 heterocycles. The second kappa shape index (κ2) is 4.87. The monoisotopic (exact) mass is 292 g/mol. The van der Waals surface area contributed by atoms with E-state index < -0.39 is 0 Å². The lowest BCUT2D eigenvalue weighted by Gasteiger charge is -2.45. The van der Waals surface area contributed by atoms with Crippen LogP contribution in [0.25, 0.3) is 0 Å². The second-order valence-corrected chi connectivity index (χ2v) is 6.15. The SMILES string of the molecule is CC[C@]1(C)Oc2ccccc2[C@@H]2CC(c3ccccc3)=NN21. The standard InChI is InChI=1S/C19H20N2O/c1-3-19(2)21-17(15-11-7-8-12-18(15)22-19)13-16(20-21)14-9-5-4-6-10-14/h4-12,17H,3,13H2,1-2H3/t17-,19-/m0/s1. The number of benzene rings is 2. The third-order valence-electron chi connectivity index (χ3n) is 4.77. The molecular formula is C19H20N2O. The van der Waals surface area contributed by atoms with E-state index >= 15 is 0 Å². The quantitative estimate of drug-likeness (QED) is 0.821. The van der Waals surface area contributed by atoms with Gasteiger partial charge in [0.25, 0.3) is 0 Å². The van der Waals surface area contributed by atoms with Crippen molar-refractivity contribution in [1.82, 2.24) is 5.01 Å². The molecule has 3 heteroatoms. The molecule has 22 heavy (non-hydrogen) atoms. The third kappa shape index (κ3) is 1.92. The van der Waals surface area contributed by atoms with Crippen LogP contribution in [-0.4, -0.2) is 16.4 Å². The molecule has 112 valence electrons. The van der Waals surface area contributed by atoms with Gasteiger partial charge in [-0.05, 0) is 18.6 Å². The lowest BCUT2D eigenvalue weighted by Crippen LogP contribution is -2.50. The molecule has 0 unspecified atom stereocenters. The van der Waals surface area contributed by atoms with Gasteiger partial charge in [0.15, 0.2) is 5.72 Å². The van der Waals surface area contributed by atoms with Crippen molar-refractivity contribution >= 4 is 5.71 Å². The van der Waals surface area contributed by atoms with Crippen LogP contribution in [0.3, 0.4) is 0 Å². The first-order valence-electron chi connectivity index (χ1n) is 7.91. The maximum absolute atomic E-state index is 6.29. The lowest BCUT2D eigenvalue weighted by molar-refractivity contribution is -0.108. The molecule has 0 saturated heterocycles. The summed E-state index contributed by atoms with van der Waals surface area (Å²) in [4.78, 5) is 0. The van der Waals surface area contributed by atoms with Crippen molar-refractivity contribution in [3.63, 3.8) is 0 Å².